The zero-order valence-corrected chi connectivity index (χ0v) is 10.2. The molecule has 0 spiro atoms. The molecule has 12 heteroatoms. The van der Waals surface area contributed by atoms with Crippen LogP contribution in [0.1, 0.15) is 13.8 Å². The van der Waals surface area contributed by atoms with Crippen molar-refractivity contribution in [2.45, 2.75) is 13.8 Å². The highest BCUT2D eigenvalue weighted by Crippen LogP contribution is 1.73. The van der Waals surface area contributed by atoms with E-state index in [1.165, 1.54) is 5.06 Å². The van der Waals surface area contributed by atoms with Crippen molar-refractivity contribution in [2.75, 3.05) is 13.1 Å². The summed E-state index contributed by atoms with van der Waals surface area (Å²) in [5, 5.41) is 9.75. The van der Waals surface area contributed by atoms with Crippen LogP contribution in [0.3, 0.4) is 0 Å². The molecule has 0 rings (SSSR count). The zero-order valence-electron chi connectivity index (χ0n) is 8.55. The van der Waals surface area contributed by atoms with Gasteiger partial charge >= 0.3 is 20.8 Å². The minimum absolute atomic E-state index is 0.719. The van der Waals surface area contributed by atoms with Gasteiger partial charge in [-0.3, -0.25) is 18.2 Å². The maximum atomic E-state index is 8.74. The second-order valence-corrected chi connectivity index (χ2v) is 3.83. The van der Waals surface area contributed by atoms with Crippen LogP contribution in [0, 0.1) is 0 Å². The van der Waals surface area contributed by atoms with E-state index in [0.29, 0.717) is 0 Å². The molecule has 16 heavy (non-hydrogen) atoms. The minimum Gasteiger partial charge on any atom is -0.314 e. The molecular formula is C4H15NO9S2. The summed E-state index contributed by atoms with van der Waals surface area (Å²) >= 11 is 0. The Morgan fingerprint density at radius 3 is 0.938 bits per heavy atom. The van der Waals surface area contributed by atoms with Gasteiger partial charge < -0.3 is 5.21 Å². The molecule has 0 unspecified atom stereocenters. The van der Waals surface area contributed by atoms with E-state index in [1.54, 1.807) is 0 Å². The third kappa shape index (κ3) is 163. The Kier molecular flexibility index (Phi) is 12.9. The van der Waals surface area contributed by atoms with Crippen LogP contribution in [0.5, 0.6) is 0 Å². The number of rotatable bonds is 2. The smallest absolute Gasteiger partial charge is 0.314 e. The first-order valence-electron chi connectivity index (χ1n) is 3.64. The summed E-state index contributed by atoms with van der Waals surface area (Å²) in [6.07, 6.45) is 0. The van der Waals surface area contributed by atoms with Crippen molar-refractivity contribution < 1.29 is 40.3 Å². The molecule has 0 aliphatic heterocycles. The van der Waals surface area contributed by atoms with Crippen molar-refractivity contribution in [3.63, 3.8) is 0 Å². The highest BCUT2D eigenvalue weighted by atomic mass is 32.3. The predicted octanol–water partition coefficient (Wildman–Crippen LogP) is -0.588. The SMILES string of the molecule is CCN(O)CC.O=S(=O)(O)O.O=S(=O)(O)O. The lowest BCUT2D eigenvalue weighted by Crippen LogP contribution is -2.16. The largest absolute Gasteiger partial charge is 0.394 e. The van der Waals surface area contributed by atoms with Gasteiger partial charge in [0.2, 0.25) is 0 Å². The predicted molar refractivity (Wildman–Crippen MR) is 53.1 cm³/mol. The summed E-state index contributed by atoms with van der Waals surface area (Å²) in [4.78, 5) is 0. The quantitative estimate of drug-likeness (QED) is 0.326. The van der Waals surface area contributed by atoms with E-state index in [0.717, 1.165) is 13.1 Å². The van der Waals surface area contributed by atoms with Gasteiger partial charge in [-0.15, -0.1) is 0 Å². The summed E-state index contributed by atoms with van der Waals surface area (Å²) in [6, 6.07) is 0. The molecule has 0 saturated heterocycles. The van der Waals surface area contributed by atoms with Gasteiger partial charge in [-0.1, -0.05) is 13.8 Å². The first-order valence-corrected chi connectivity index (χ1v) is 6.44. The molecule has 0 bridgehead atoms. The summed E-state index contributed by atoms with van der Waals surface area (Å²) in [6.45, 7) is 5.25. The van der Waals surface area contributed by atoms with Gasteiger partial charge in [0.1, 0.15) is 0 Å². The highest BCUT2D eigenvalue weighted by molar-refractivity contribution is 7.80. The Bertz CT molecular complexity index is 283. The van der Waals surface area contributed by atoms with Crippen LogP contribution in [0.4, 0.5) is 0 Å². The van der Waals surface area contributed by atoms with Crippen LogP contribution in [0.25, 0.3) is 0 Å². The van der Waals surface area contributed by atoms with Crippen molar-refractivity contribution in [3.8, 4) is 0 Å². The number of hydroxylamine groups is 2. The first-order chi connectivity index (χ1) is 6.81. The van der Waals surface area contributed by atoms with Gasteiger partial charge in [-0.05, 0) is 0 Å². The molecule has 0 radical (unpaired) electrons. The van der Waals surface area contributed by atoms with Crippen LogP contribution in [0.2, 0.25) is 0 Å². The third-order valence-corrected chi connectivity index (χ3v) is 0.730. The normalized spacial score (nSPS) is 11.0. The Hall–Kier alpha value is -0.340. The Morgan fingerprint density at radius 2 is 0.938 bits per heavy atom. The topological polar surface area (TPSA) is 173 Å². The van der Waals surface area contributed by atoms with E-state index in [2.05, 4.69) is 0 Å². The van der Waals surface area contributed by atoms with Gasteiger partial charge in [0.15, 0.2) is 0 Å². The molecule has 0 aliphatic carbocycles. The molecule has 0 aromatic carbocycles. The number of nitrogens with zero attached hydrogens (tertiary/aromatic N) is 1. The lowest BCUT2D eigenvalue weighted by Gasteiger charge is -2.05. The molecule has 0 saturated carbocycles. The third-order valence-electron chi connectivity index (χ3n) is 0.730. The zero-order chi connectivity index (χ0) is 14.0. The maximum absolute atomic E-state index is 8.74. The summed E-state index contributed by atoms with van der Waals surface area (Å²) in [7, 11) is -9.33. The Labute approximate surface area is 93.6 Å². The maximum Gasteiger partial charge on any atom is 0.394 e. The second kappa shape index (κ2) is 9.86. The van der Waals surface area contributed by atoms with Crippen LogP contribution in [-0.2, 0) is 20.8 Å². The van der Waals surface area contributed by atoms with Crippen molar-refractivity contribution in [2.24, 2.45) is 0 Å². The average Bonchev–Trinajstić information content (AvgIpc) is 1.96. The molecule has 10 nitrogen and oxygen atoms in total. The molecule has 0 heterocycles. The first kappa shape index (κ1) is 21.0. The standard InChI is InChI=1S/C4H11NO.2H2O4S/c1-3-5(6)4-2;2*1-5(2,3)4/h6H,3-4H2,1-2H3;2*(H2,1,2,3,4). The summed E-state index contributed by atoms with van der Waals surface area (Å²) < 4.78 is 63.2. The van der Waals surface area contributed by atoms with Gasteiger partial charge in [0, 0.05) is 13.1 Å². The van der Waals surface area contributed by atoms with Gasteiger partial charge in [0.05, 0.1) is 0 Å². The molecule has 0 amide bonds. The Morgan fingerprint density at radius 1 is 0.812 bits per heavy atom. The van der Waals surface area contributed by atoms with Crippen LogP contribution >= 0.6 is 0 Å². The number of hydrogen-bond donors (Lipinski definition) is 5. The molecule has 0 atom stereocenters. The fraction of sp³-hybridized carbons (Fsp3) is 1.00. The minimum atomic E-state index is -4.67. The van der Waals surface area contributed by atoms with Gasteiger partial charge in [-0.25, -0.2) is 0 Å². The van der Waals surface area contributed by atoms with Crippen molar-refractivity contribution in [1.29, 1.82) is 0 Å². The molecule has 0 aliphatic rings. The lowest BCUT2D eigenvalue weighted by molar-refractivity contribution is -0.0813. The molecule has 0 aromatic rings. The van der Waals surface area contributed by atoms with E-state index in [9.17, 15) is 0 Å². The molecule has 5 N–H and O–H groups in total. The van der Waals surface area contributed by atoms with E-state index in [4.69, 9.17) is 40.3 Å². The monoisotopic (exact) mass is 285 g/mol. The summed E-state index contributed by atoms with van der Waals surface area (Å²) in [5.41, 5.74) is 0. The summed E-state index contributed by atoms with van der Waals surface area (Å²) in [5.74, 6) is 0. The molecule has 102 valence electrons. The second-order valence-electron chi connectivity index (χ2n) is 2.03. The molecule has 0 fully saturated rings. The average molecular weight is 285 g/mol. The fourth-order valence-electron chi connectivity index (χ4n) is 0.224. The lowest BCUT2D eigenvalue weighted by atomic mass is 10.6. The number of hydrogen-bond acceptors (Lipinski definition) is 6. The van der Waals surface area contributed by atoms with E-state index < -0.39 is 20.8 Å². The Balaban J connectivity index is -0.000000160. The van der Waals surface area contributed by atoms with E-state index in [-0.39, 0.29) is 0 Å². The van der Waals surface area contributed by atoms with Gasteiger partial charge in [-0.2, -0.15) is 21.9 Å². The fourth-order valence-corrected chi connectivity index (χ4v) is 0.224. The van der Waals surface area contributed by atoms with Crippen molar-refractivity contribution in [1.82, 2.24) is 5.06 Å². The van der Waals surface area contributed by atoms with E-state index >= 15 is 0 Å². The molecule has 0 aromatic heterocycles. The van der Waals surface area contributed by atoms with Crippen molar-refractivity contribution in [3.05, 3.63) is 0 Å². The van der Waals surface area contributed by atoms with Crippen LogP contribution in [0.15, 0.2) is 0 Å². The van der Waals surface area contributed by atoms with Crippen LogP contribution in [-0.4, -0.2) is 58.4 Å². The van der Waals surface area contributed by atoms with Gasteiger partial charge in [0.25, 0.3) is 0 Å². The highest BCUT2D eigenvalue weighted by Gasteiger charge is 1.85. The van der Waals surface area contributed by atoms with Crippen molar-refractivity contribution >= 4 is 20.8 Å². The molecular weight excluding hydrogens is 270 g/mol. The van der Waals surface area contributed by atoms with Crippen LogP contribution < -0.4 is 0 Å². The van der Waals surface area contributed by atoms with E-state index in [1.807, 2.05) is 13.8 Å².